The van der Waals surface area contributed by atoms with Gasteiger partial charge in [-0.3, -0.25) is 0 Å². The molecule has 0 radical (unpaired) electrons. The average molecular weight is 320 g/mol. The average Bonchev–Trinajstić information content (AvgIpc) is 2.57. The molecule has 22 heavy (non-hydrogen) atoms. The summed E-state index contributed by atoms with van der Waals surface area (Å²) in [6, 6.07) is 7.32. The first-order valence-electron chi connectivity index (χ1n) is 6.83. The van der Waals surface area contributed by atoms with Crippen molar-refractivity contribution in [2.45, 2.75) is 23.7 Å². The van der Waals surface area contributed by atoms with Crippen LogP contribution in [0.1, 0.15) is 0 Å². The largest absolute Gasteiger partial charge is 0.477 e. The second kappa shape index (κ2) is 6.62. The zero-order valence-electron chi connectivity index (χ0n) is 11.6. The number of hydrogen-bond donors (Lipinski definition) is 3. The highest BCUT2D eigenvalue weighted by atomic mass is 32.2. The van der Waals surface area contributed by atoms with E-state index in [0.717, 1.165) is 11.1 Å². The van der Waals surface area contributed by atoms with Gasteiger partial charge in [0.1, 0.15) is 24.3 Å². The van der Waals surface area contributed by atoms with Crippen LogP contribution in [0, 0.1) is 0 Å². The molecule has 6 nitrogen and oxygen atoms in total. The lowest BCUT2D eigenvalue weighted by molar-refractivity contribution is -0.0786. The Morgan fingerprint density at radius 2 is 1.64 bits per heavy atom. The van der Waals surface area contributed by atoms with Gasteiger partial charge in [-0.15, -0.1) is 11.8 Å². The monoisotopic (exact) mass is 320 g/mol. The summed E-state index contributed by atoms with van der Waals surface area (Å²) in [5.74, 6) is 0.906. The molecule has 116 valence electrons. The number of aliphatic hydroxyl groups excluding tert-OH is 3. The van der Waals surface area contributed by atoms with Crippen molar-refractivity contribution in [3.05, 3.63) is 43.0 Å². The van der Waals surface area contributed by atoms with E-state index in [4.69, 9.17) is 4.74 Å². The van der Waals surface area contributed by atoms with Crippen LogP contribution in [0.2, 0.25) is 0 Å². The van der Waals surface area contributed by atoms with Crippen LogP contribution in [-0.2, 0) is 0 Å². The quantitative estimate of drug-likeness (QED) is 0.765. The van der Waals surface area contributed by atoms with Crippen LogP contribution in [0.25, 0.3) is 11.1 Å². The standard InChI is InChI=1S/C15H16N2O4S/c18-12-7-22-15(14(20)13(12)19)21-11-3-1-9(2-4-11)10-5-16-8-17-6-10/h1-6,8,12-15,18-20H,7H2/t12-,13+,14-,15-/m1/s1. The van der Waals surface area contributed by atoms with E-state index < -0.39 is 23.7 Å². The first-order chi connectivity index (χ1) is 10.6. The minimum atomic E-state index is -1.19. The summed E-state index contributed by atoms with van der Waals surface area (Å²) in [6.45, 7) is 0. The molecular weight excluding hydrogens is 304 g/mol. The molecule has 0 unspecified atom stereocenters. The van der Waals surface area contributed by atoms with Gasteiger partial charge >= 0.3 is 0 Å². The maximum absolute atomic E-state index is 9.93. The minimum absolute atomic E-state index is 0.322. The molecule has 2 heterocycles. The van der Waals surface area contributed by atoms with E-state index in [9.17, 15) is 15.3 Å². The topological polar surface area (TPSA) is 95.7 Å². The number of thioether (sulfide) groups is 1. The maximum Gasteiger partial charge on any atom is 0.173 e. The van der Waals surface area contributed by atoms with E-state index >= 15 is 0 Å². The Hall–Kier alpha value is -1.67. The van der Waals surface area contributed by atoms with Gasteiger partial charge in [-0.05, 0) is 17.7 Å². The molecule has 3 N–H and O–H groups in total. The number of rotatable bonds is 3. The third-order valence-corrected chi connectivity index (χ3v) is 4.69. The molecule has 1 aliphatic heterocycles. The molecule has 1 fully saturated rings. The van der Waals surface area contributed by atoms with Crippen molar-refractivity contribution in [3.63, 3.8) is 0 Å². The first-order valence-corrected chi connectivity index (χ1v) is 7.88. The van der Waals surface area contributed by atoms with Crippen molar-refractivity contribution in [1.82, 2.24) is 9.97 Å². The van der Waals surface area contributed by atoms with Gasteiger partial charge in [0, 0.05) is 23.7 Å². The highest BCUT2D eigenvalue weighted by Gasteiger charge is 2.38. The van der Waals surface area contributed by atoms with Gasteiger partial charge in [-0.25, -0.2) is 9.97 Å². The van der Waals surface area contributed by atoms with Crippen molar-refractivity contribution in [3.8, 4) is 16.9 Å². The van der Waals surface area contributed by atoms with Gasteiger partial charge in [0.05, 0.1) is 6.10 Å². The van der Waals surface area contributed by atoms with Crippen LogP contribution >= 0.6 is 11.8 Å². The molecule has 1 aromatic heterocycles. The van der Waals surface area contributed by atoms with E-state index in [1.54, 1.807) is 24.5 Å². The molecule has 0 spiro atoms. The first kappa shape index (κ1) is 15.2. The van der Waals surface area contributed by atoms with Crippen LogP contribution in [0.15, 0.2) is 43.0 Å². The molecule has 0 aliphatic carbocycles. The second-order valence-electron chi connectivity index (χ2n) is 5.02. The molecule has 4 atom stereocenters. The third kappa shape index (κ3) is 3.22. The predicted octanol–water partition coefficient (Wildman–Crippen LogP) is 0.678. The molecule has 1 saturated heterocycles. The fourth-order valence-electron chi connectivity index (χ4n) is 2.19. The number of aliphatic hydroxyl groups is 3. The summed E-state index contributed by atoms with van der Waals surface area (Å²) in [6.07, 6.45) is 1.67. The van der Waals surface area contributed by atoms with Crippen molar-refractivity contribution in [2.75, 3.05) is 5.75 Å². The fourth-order valence-corrected chi connectivity index (χ4v) is 3.31. The molecule has 0 saturated carbocycles. The maximum atomic E-state index is 9.93. The number of hydrogen-bond acceptors (Lipinski definition) is 7. The smallest absolute Gasteiger partial charge is 0.173 e. The molecule has 1 aromatic carbocycles. The summed E-state index contributed by atoms with van der Waals surface area (Å²) < 4.78 is 5.69. The van der Waals surface area contributed by atoms with Crippen LogP contribution in [0.4, 0.5) is 0 Å². The molecule has 0 amide bonds. The van der Waals surface area contributed by atoms with Gasteiger partial charge < -0.3 is 20.1 Å². The van der Waals surface area contributed by atoms with Crippen LogP contribution in [0.3, 0.4) is 0 Å². The van der Waals surface area contributed by atoms with E-state index in [2.05, 4.69) is 9.97 Å². The summed E-state index contributed by atoms with van der Waals surface area (Å²) >= 11 is 1.28. The Morgan fingerprint density at radius 3 is 2.32 bits per heavy atom. The number of aromatic nitrogens is 2. The van der Waals surface area contributed by atoms with Crippen molar-refractivity contribution in [2.24, 2.45) is 0 Å². The number of nitrogens with zero attached hydrogens (tertiary/aromatic N) is 2. The summed E-state index contributed by atoms with van der Waals surface area (Å²) in [4.78, 5) is 7.94. The Labute approximate surface area is 131 Å². The van der Waals surface area contributed by atoms with Crippen LogP contribution < -0.4 is 4.74 Å². The zero-order chi connectivity index (χ0) is 15.5. The lowest BCUT2D eigenvalue weighted by atomic mass is 10.1. The molecular formula is C15H16N2O4S. The van der Waals surface area contributed by atoms with Crippen LogP contribution in [-0.4, -0.2) is 54.8 Å². The molecule has 2 aromatic rings. The van der Waals surface area contributed by atoms with E-state index in [1.165, 1.54) is 18.1 Å². The van der Waals surface area contributed by atoms with Gasteiger partial charge in [-0.1, -0.05) is 12.1 Å². The van der Waals surface area contributed by atoms with Crippen LogP contribution in [0.5, 0.6) is 5.75 Å². The third-order valence-electron chi connectivity index (χ3n) is 3.45. The lowest BCUT2D eigenvalue weighted by Gasteiger charge is -2.34. The highest BCUT2D eigenvalue weighted by molar-refractivity contribution is 7.99. The summed E-state index contributed by atoms with van der Waals surface area (Å²) in [7, 11) is 0. The van der Waals surface area contributed by atoms with Gasteiger partial charge in [0.2, 0.25) is 0 Å². The van der Waals surface area contributed by atoms with E-state index in [0.29, 0.717) is 11.5 Å². The summed E-state index contributed by atoms with van der Waals surface area (Å²) in [5, 5.41) is 29.1. The predicted molar refractivity (Wildman–Crippen MR) is 82.4 cm³/mol. The van der Waals surface area contributed by atoms with Crippen molar-refractivity contribution in [1.29, 1.82) is 0 Å². The molecule has 7 heteroatoms. The number of benzene rings is 1. The Balaban J connectivity index is 1.69. The Kier molecular flexibility index (Phi) is 4.58. The molecule has 3 rings (SSSR count). The molecule has 0 bridgehead atoms. The van der Waals surface area contributed by atoms with E-state index in [-0.39, 0.29) is 0 Å². The van der Waals surface area contributed by atoms with Gasteiger partial charge in [0.15, 0.2) is 5.44 Å². The fraction of sp³-hybridized carbons (Fsp3) is 0.333. The Morgan fingerprint density at radius 1 is 0.955 bits per heavy atom. The van der Waals surface area contributed by atoms with E-state index in [1.807, 2.05) is 12.1 Å². The lowest BCUT2D eigenvalue weighted by Crippen LogP contribution is -2.50. The number of ether oxygens (including phenoxy) is 1. The summed E-state index contributed by atoms with van der Waals surface area (Å²) in [5.41, 5.74) is 1.25. The van der Waals surface area contributed by atoms with Gasteiger partial charge in [-0.2, -0.15) is 0 Å². The van der Waals surface area contributed by atoms with Crippen molar-refractivity contribution < 1.29 is 20.1 Å². The minimum Gasteiger partial charge on any atom is -0.477 e. The second-order valence-corrected chi connectivity index (χ2v) is 6.15. The SMILES string of the molecule is O[C@@H]1[C@@H](O)[C@H](Oc2ccc(-c3cncnc3)cc2)SC[C@H]1O. The molecule has 1 aliphatic rings. The Bertz CT molecular complexity index is 611. The zero-order valence-corrected chi connectivity index (χ0v) is 12.4. The highest BCUT2D eigenvalue weighted by Crippen LogP contribution is 2.30. The van der Waals surface area contributed by atoms with Crippen molar-refractivity contribution >= 4 is 11.8 Å². The van der Waals surface area contributed by atoms with Gasteiger partial charge in [0.25, 0.3) is 0 Å². The normalized spacial score (nSPS) is 28.3.